The Balaban J connectivity index is 0.00000210. The number of carbonyl (C=O) groups is 1. The molecule has 2 saturated heterocycles. The Kier molecular flexibility index (Phi) is 6.64. The van der Waals surface area contributed by atoms with Gasteiger partial charge in [-0.25, -0.2) is 0 Å². The lowest BCUT2D eigenvalue weighted by Crippen LogP contribution is -2.39. The van der Waals surface area contributed by atoms with Crippen LogP contribution in [0, 0.1) is 0 Å². The zero-order valence-corrected chi connectivity index (χ0v) is 16.6. The van der Waals surface area contributed by atoms with Crippen molar-refractivity contribution in [1.29, 1.82) is 0 Å². The highest BCUT2D eigenvalue weighted by atomic mass is 35.5. The fourth-order valence-corrected chi connectivity index (χ4v) is 4.03. The molecule has 2 unspecified atom stereocenters. The lowest BCUT2D eigenvalue weighted by molar-refractivity contribution is 0.0743. The van der Waals surface area contributed by atoms with Gasteiger partial charge in [-0.1, -0.05) is 41.9 Å². The van der Waals surface area contributed by atoms with Crippen molar-refractivity contribution in [2.24, 2.45) is 0 Å². The zero-order valence-electron chi connectivity index (χ0n) is 15.1. The summed E-state index contributed by atoms with van der Waals surface area (Å²) in [6.45, 7) is 1.91. The number of nitrogens with zero attached hydrogens (tertiary/aromatic N) is 1. The van der Waals surface area contributed by atoms with Crippen LogP contribution in [0.2, 0.25) is 5.02 Å². The lowest BCUT2D eigenvalue weighted by Gasteiger charge is -2.25. The molecule has 2 aromatic rings. The van der Waals surface area contributed by atoms with Crippen LogP contribution in [0.5, 0.6) is 5.75 Å². The Hall–Kier alpha value is -1.75. The minimum Gasteiger partial charge on any atom is -0.488 e. The molecule has 0 aliphatic carbocycles. The van der Waals surface area contributed by atoms with Crippen molar-refractivity contribution in [2.75, 3.05) is 13.1 Å². The molecular weight excluding hydrogens is 383 g/mol. The van der Waals surface area contributed by atoms with Gasteiger partial charge >= 0.3 is 0 Å². The summed E-state index contributed by atoms with van der Waals surface area (Å²) in [5.74, 6) is 0.661. The summed E-state index contributed by atoms with van der Waals surface area (Å²) in [4.78, 5) is 15.1. The van der Waals surface area contributed by atoms with Crippen molar-refractivity contribution in [1.82, 2.24) is 10.2 Å². The van der Waals surface area contributed by atoms with Gasteiger partial charge in [0, 0.05) is 35.8 Å². The Morgan fingerprint density at radius 1 is 1.07 bits per heavy atom. The van der Waals surface area contributed by atoms with Crippen LogP contribution in [-0.4, -0.2) is 36.0 Å². The number of nitrogens with one attached hydrogen (secondary N) is 1. The maximum Gasteiger partial charge on any atom is 0.257 e. The Bertz CT molecular complexity index is 799. The predicted molar refractivity (Wildman–Crippen MR) is 110 cm³/mol. The Morgan fingerprint density at radius 2 is 1.81 bits per heavy atom. The molecule has 4 nitrogen and oxygen atoms in total. The van der Waals surface area contributed by atoms with Crippen LogP contribution in [0.4, 0.5) is 0 Å². The van der Waals surface area contributed by atoms with Gasteiger partial charge in [0.15, 0.2) is 0 Å². The first kappa shape index (κ1) is 20.0. The van der Waals surface area contributed by atoms with E-state index in [1.54, 1.807) is 0 Å². The number of fused-ring (bicyclic) bond motifs is 2. The summed E-state index contributed by atoms with van der Waals surface area (Å²) in [5, 5.41) is 4.29. The number of halogens is 2. The highest BCUT2D eigenvalue weighted by Crippen LogP contribution is 2.26. The van der Waals surface area contributed by atoms with Gasteiger partial charge in [0.2, 0.25) is 0 Å². The molecule has 0 radical (unpaired) electrons. The highest BCUT2D eigenvalue weighted by Gasteiger charge is 2.32. The van der Waals surface area contributed by atoms with Gasteiger partial charge in [-0.2, -0.15) is 0 Å². The third-order valence-corrected chi connectivity index (χ3v) is 5.64. The first-order valence-electron chi connectivity index (χ1n) is 9.21. The van der Waals surface area contributed by atoms with Gasteiger partial charge in [0.1, 0.15) is 12.4 Å². The third-order valence-electron chi connectivity index (χ3n) is 5.27. The molecule has 1 amide bonds. The monoisotopic (exact) mass is 406 g/mol. The average Bonchev–Trinajstić information content (AvgIpc) is 2.99. The second-order valence-corrected chi connectivity index (χ2v) is 7.46. The van der Waals surface area contributed by atoms with Crippen molar-refractivity contribution in [3.05, 3.63) is 64.7 Å². The number of rotatable bonds is 4. The maximum atomic E-state index is 13.1. The lowest BCUT2D eigenvalue weighted by atomic mass is 10.1. The van der Waals surface area contributed by atoms with E-state index in [2.05, 4.69) is 5.32 Å². The first-order chi connectivity index (χ1) is 12.7. The summed E-state index contributed by atoms with van der Waals surface area (Å²) < 4.78 is 5.96. The minimum atomic E-state index is 0. The van der Waals surface area contributed by atoms with Crippen molar-refractivity contribution in [3.8, 4) is 5.75 Å². The van der Waals surface area contributed by atoms with Gasteiger partial charge in [-0.15, -0.1) is 12.4 Å². The van der Waals surface area contributed by atoms with E-state index in [-0.39, 0.29) is 18.3 Å². The molecule has 0 aromatic heterocycles. The largest absolute Gasteiger partial charge is 0.488 e. The highest BCUT2D eigenvalue weighted by molar-refractivity contribution is 6.31. The fraction of sp³-hybridized carbons (Fsp3) is 0.381. The van der Waals surface area contributed by atoms with Crippen LogP contribution in [0.1, 0.15) is 35.2 Å². The van der Waals surface area contributed by atoms with E-state index >= 15 is 0 Å². The van der Waals surface area contributed by atoms with E-state index in [9.17, 15) is 4.79 Å². The minimum absolute atomic E-state index is 0. The van der Waals surface area contributed by atoms with E-state index in [4.69, 9.17) is 16.3 Å². The SMILES string of the molecule is Cl.O=C(c1ccccc1OCc1ccccc1Cl)N1CCC2CCC(C1)N2. The summed E-state index contributed by atoms with van der Waals surface area (Å²) >= 11 is 6.21. The number of para-hydroxylation sites is 1. The molecule has 4 rings (SSSR count). The van der Waals surface area contributed by atoms with E-state index in [1.165, 1.54) is 6.42 Å². The Labute approximate surface area is 171 Å². The number of ether oxygens (including phenoxy) is 1. The number of likely N-dealkylation sites (tertiary alicyclic amines) is 1. The number of benzene rings is 2. The van der Waals surface area contributed by atoms with Crippen LogP contribution in [0.3, 0.4) is 0 Å². The van der Waals surface area contributed by atoms with Crippen molar-refractivity contribution in [3.63, 3.8) is 0 Å². The van der Waals surface area contributed by atoms with Gasteiger partial charge in [-0.05, 0) is 37.5 Å². The molecule has 27 heavy (non-hydrogen) atoms. The molecular formula is C21H24Cl2N2O2. The standard InChI is InChI=1S/C21H23ClN2O2.ClH/c22-19-7-3-1-5-15(19)14-26-20-8-4-2-6-18(20)21(25)24-12-11-16-9-10-17(13-24)23-16;/h1-8,16-17,23H,9-14H2;1H. The van der Waals surface area contributed by atoms with Gasteiger partial charge in [0.25, 0.3) is 5.91 Å². The summed E-state index contributed by atoms with van der Waals surface area (Å²) in [5.41, 5.74) is 1.53. The average molecular weight is 407 g/mol. The molecule has 144 valence electrons. The number of hydrogen-bond donors (Lipinski definition) is 1. The maximum absolute atomic E-state index is 13.1. The quantitative estimate of drug-likeness (QED) is 0.822. The van der Waals surface area contributed by atoms with Crippen molar-refractivity contribution >= 4 is 29.9 Å². The smallest absolute Gasteiger partial charge is 0.257 e. The van der Waals surface area contributed by atoms with Crippen LogP contribution >= 0.6 is 24.0 Å². The van der Waals surface area contributed by atoms with Gasteiger partial charge < -0.3 is 15.0 Å². The summed E-state index contributed by atoms with van der Waals surface area (Å²) in [6.07, 6.45) is 3.40. The third kappa shape index (κ3) is 4.57. The Morgan fingerprint density at radius 3 is 2.67 bits per heavy atom. The first-order valence-corrected chi connectivity index (χ1v) is 9.59. The van der Waals surface area contributed by atoms with Crippen LogP contribution in [0.15, 0.2) is 48.5 Å². The summed E-state index contributed by atoms with van der Waals surface area (Å²) in [7, 11) is 0. The molecule has 2 aliphatic rings. The molecule has 2 aliphatic heterocycles. The molecule has 2 aromatic carbocycles. The van der Waals surface area contributed by atoms with E-state index in [1.807, 2.05) is 53.4 Å². The molecule has 2 atom stereocenters. The molecule has 2 heterocycles. The molecule has 2 fully saturated rings. The van der Waals surface area contributed by atoms with Crippen LogP contribution in [0.25, 0.3) is 0 Å². The topological polar surface area (TPSA) is 41.6 Å². The summed E-state index contributed by atoms with van der Waals surface area (Å²) in [6, 6.07) is 16.1. The van der Waals surface area contributed by atoms with Crippen molar-refractivity contribution < 1.29 is 9.53 Å². The second-order valence-electron chi connectivity index (χ2n) is 7.05. The fourth-order valence-electron chi connectivity index (χ4n) is 3.84. The molecule has 0 saturated carbocycles. The number of carbonyl (C=O) groups excluding carboxylic acids is 1. The van der Waals surface area contributed by atoms with Crippen molar-refractivity contribution in [2.45, 2.75) is 38.0 Å². The normalized spacial score (nSPS) is 21.3. The molecule has 2 bridgehead atoms. The van der Waals surface area contributed by atoms with Gasteiger partial charge in [0.05, 0.1) is 5.56 Å². The van der Waals surface area contributed by atoms with E-state index < -0.39 is 0 Å². The number of hydrogen-bond acceptors (Lipinski definition) is 3. The van der Waals surface area contributed by atoms with Crippen LogP contribution in [-0.2, 0) is 6.61 Å². The zero-order chi connectivity index (χ0) is 17.9. The predicted octanol–water partition coefficient (Wildman–Crippen LogP) is 4.31. The van der Waals surface area contributed by atoms with Gasteiger partial charge in [-0.3, -0.25) is 4.79 Å². The number of amides is 1. The van der Waals surface area contributed by atoms with E-state index in [0.29, 0.717) is 35.0 Å². The molecule has 0 spiro atoms. The second kappa shape index (κ2) is 8.96. The van der Waals surface area contributed by atoms with Crippen LogP contribution < -0.4 is 10.1 Å². The molecule has 6 heteroatoms. The molecule has 1 N–H and O–H groups in total. The van der Waals surface area contributed by atoms with E-state index in [0.717, 1.165) is 31.5 Å².